The number of rotatable bonds is 2. The molecule has 3 heteroatoms. The molecule has 0 aromatic heterocycles. The number of benzene rings is 1. The third-order valence-electron chi connectivity index (χ3n) is 3.36. The molecule has 0 radical (unpaired) electrons. The van der Waals surface area contributed by atoms with Crippen LogP contribution in [0, 0.1) is 11.8 Å². The van der Waals surface area contributed by atoms with Crippen molar-refractivity contribution in [1.82, 2.24) is 4.90 Å². The molecule has 0 spiro atoms. The maximum atomic E-state index is 12.2. The first-order valence-corrected chi connectivity index (χ1v) is 6.19. The van der Waals surface area contributed by atoms with Crippen LogP contribution in [-0.2, 0) is 0 Å². The van der Waals surface area contributed by atoms with Crippen molar-refractivity contribution in [1.29, 1.82) is 0 Å². The first-order valence-electron chi connectivity index (χ1n) is 6.19. The number of carbonyl (C=O) groups is 1. The summed E-state index contributed by atoms with van der Waals surface area (Å²) in [5.74, 6) is 5.45. The van der Waals surface area contributed by atoms with Crippen molar-refractivity contribution < 1.29 is 9.90 Å². The standard InChI is InChI=1S/C15H17NO2/c1-16(14-8-3-9-14)15(18)13-7-2-5-12(11-13)6-4-10-17/h2,5,7,11,14,17H,3,8-10H2,1H3. The molecule has 1 aromatic carbocycles. The lowest BCUT2D eigenvalue weighted by Gasteiger charge is -2.34. The first-order chi connectivity index (χ1) is 8.72. The van der Waals surface area contributed by atoms with Crippen molar-refractivity contribution in [3.63, 3.8) is 0 Å². The maximum absolute atomic E-state index is 12.2. The fourth-order valence-electron chi connectivity index (χ4n) is 2.02. The van der Waals surface area contributed by atoms with E-state index in [1.165, 1.54) is 6.42 Å². The molecule has 18 heavy (non-hydrogen) atoms. The van der Waals surface area contributed by atoms with Crippen molar-refractivity contribution in [3.05, 3.63) is 35.4 Å². The summed E-state index contributed by atoms with van der Waals surface area (Å²) < 4.78 is 0. The van der Waals surface area contributed by atoms with Crippen LogP contribution in [0.1, 0.15) is 35.2 Å². The lowest BCUT2D eigenvalue weighted by Crippen LogP contribution is -2.41. The van der Waals surface area contributed by atoms with Crippen molar-refractivity contribution >= 4 is 5.91 Å². The molecule has 1 N–H and O–H groups in total. The summed E-state index contributed by atoms with van der Waals surface area (Å²) in [6.45, 7) is -0.167. The van der Waals surface area contributed by atoms with E-state index in [1.54, 1.807) is 6.07 Å². The first kappa shape index (κ1) is 12.7. The summed E-state index contributed by atoms with van der Waals surface area (Å²) in [6, 6.07) is 7.64. The highest BCUT2D eigenvalue weighted by atomic mass is 16.2. The Kier molecular flexibility index (Phi) is 4.01. The Morgan fingerprint density at radius 3 is 2.89 bits per heavy atom. The van der Waals surface area contributed by atoms with E-state index in [9.17, 15) is 4.79 Å². The summed E-state index contributed by atoms with van der Waals surface area (Å²) >= 11 is 0. The number of nitrogens with zero attached hydrogens (tertiary/aromatic N) is 1. The monoisotopic (exact) mass is 243 g/mol. The maximum Gasteiger partial charge on any atom is 0.253 e. The van der Waals surface area contributed by atoms with E-state index in [4.69, 9.17) is 5.11 Å². The molecular weight excluding hydrogens is 226 g/mol. The Morgan fingerprint density at radius 2 is 2.28 bits per heavy atom. The average Bonchev–Trinajstić information content (AvgIpc) is 2.33. The molecule has 1 aliphatic carbocycles. The van der Waals surface area contributed by atoms with E-state index >= 15 is 0 Å². The second-order valence-electron chi connectivity index (χ2n) is 4.54. The molecule has 1 aliphatic rings. The van der Waals surface area contributed by atoms with Crippen LogP contribution in [0.3, 0.4) is 0 Å². The van der Waals surface area contributed by atoms with Gasteiger partial charge < -0.3 is 10.0 Å². The van der Waals surface area contributed by atoms with Crippen molar-refractivity contribution in [2.24, 2.45) is 0 Å². The van der Waals surface area contributed by atoms with Gasteiger partial charge in [-0.05, 0) is 37.5 Å². The van der Waals surface area contributed by atoms with Crippen molar-refractivity contribution in [2.45, 2.75) is 25.3 Å². The van der Waals surface area contributed by atoms with Crippen molar-refractivity contribution in [3.8, 4) is 11.8 Å². The second-order valence-corrected chi connectivity index (χ2v) is 4.54. The minimum atomic E-state index is -0.167. The van der Waals surface area contributed by atoms with Gasteiger partial charge in [0.05, 0.1) is 0 Å². The van der Waals surface area contributed by atoms with Crippen LogP contribution in [-0.4, -0.2) is 35.6 Å². The van der Waals surface area contributed by atoms with Gasteiger partial charge in [-0.25, -0.2) is 0 Å². The summed E-state index contributed by atoms with van der Waals surface area (Å²) in [4.78, 5) is 14.1. The molecular formula is C15H17NO2. The molecule has 0 saturated heterocycles. The fraction of sp³-hybridized carbons (Fsp3) is 0.400. The Morgan fingerprint density at radius 1 is 1.50 bits per heavy atom. The predicted molar refractivity (Wildman–Crippen MR) is 70.1 cm³/mol. The predicted octanol–water partition coefficient (Wildman–Crippen LogP) is 1.65. The van der Waals surface area contributed by atoms with Gasteiger partial charge in [0.25, 0.3) is 5.91 Å². The van der Waals surface area contributed by atoms with Gasteiger partial charge in [-0.2, -0.15) is 0 Å². The number of hydrogen-bond donors (Lipinski definition) is 1. The number of amides is 1. The molecule has 0 atom stereocenters. The lowest BCUT2D eigenvalue weighted by molar-refractivity contribution is 0.0652. The summed E-state index contributed by atoms with van der Waals surface area (Å²) in [5, 5.41) is 8.66. The third kappa shape index (κ3) is 2.72. The molecule has 1 saturated carbocycles. The van der Waals surface area contributed by atoms with Crippen LogP contribution in [0.5, 0.6) is 0 Å². The largest absolute Gasteiger partial charge is 0.384 e. The van der Waals surface area contributed by atoms with Crippen LogP contribution in [0.2, 0.25) is 0 Å². The zero-order valence-corrected chi connectivity index (χ0v) is 10.5. The molecule has 1 aromatic rings. The molecule has 1 amide bonds. The molecule has 0 heterocycles. The Balaban J connectivity index is 2.14. The zero-order chi connectivity index (χ0) is 13.0. The van der Waals surface area contributed by atoms with E-state index in [2.05, 4.69) is 11.8 Å². The van der Waals surface area contributed by atoms with Gasteiger partial charge in [0.1, 0.15) is 6.61 Å². The van der Waals surface area contributed by atoms with Crippen LogP contribution in [0.25, 0.3) is 0 Å². The highest BCUT2D eigenvalue weighted by Crippen LogP contribution is 2.24. The Bertz CT molecular complexity index is 495. The summed E-state index contributed by atoms with van der Waals surface area (Å²) in [5.41, 5.74) is 1.42. The normalized spacial score (nSPS) is 14.3. The molecule has 0 unspecified atom stereocenters. The minimum absolute atomic E-state index is 0.0485. The number of aliphatic hydroxyl groups excluding tert-OH is 1. The van der Waals surface area contributed by atoms with Gasteiger partial charge in [0, 0.05) is 24.2 Å². The van der Waals surface area contributed by atoms with Crippen LogP contribution in [0.15, 0.2) is 24.3 Å². The lowest BCUT2D eigenvalue weighted by atomic mass is 9.91. The summed E-state index contributed by atoms with van der Waals surface area (Å²) in [6.07, 6.45) is 3.42. The van der Waals surface area contributed by atoms with E-state index in [0.29, 0.717) is 11.6 Å². The van der Waals surface area contributed by atoms with E-state index in [0.717, 1.165) is 18.4 Å². The van der Waals surface area contributed by atoms with Crippen LogP contribution >= 0.6 is 0 Å². The van der Waals surface area contributed by atoms with Crippen LogP contribution < -0.4 is 0 Å². The molecule has 3 nitrogen and oxygen atoms in total. The Labute approximate surface area is 107 Å². The van der Waals surface area contributed by atoms with Gasteiger partial charge >= 0.3 is 0 Å². The number of aliphatic hydroxyl groups is 1. The molecule has 94 valence electrons. The van der Waals surface area contributed by atoms with Gasteiger partial charge in [-0.1, -0.05) is 17.9 Å². The molecule has 0 bridgehead atoms. The minimum Gasteiger partial charge on any atom is -0.384 e. The number of hydrogen-bond acceptors (Lipinski definition) is 2. The van der Waals surface area contributed by atoms with Gasteiger partial charge in [0.2, 0.25) is 0 Å². The second kappa shape index (κ2) is 5.70. The van der Waals surface area contributed by atoms with E-state index in [-0.39, 0.29) is 12.5 Å². The van der Waals surface area contributed by atoms with Gasteiger partial charge in [0.15, 0.2) is 0 Å². The molecule has 0 aliphatic heterocycles. The smallest absolute Gasteiger partial charge is 0.253 e. The molecule has 2 rings (SSSR count). The third-order valence-corrected chi connectivity index (χ3v) is 3.36. The fourth-order valence-corrected chi connectivity index (χ4v) is 2.02. The van der Waals surface area contributed by atoms with Gasteiger partial charge in [-0.15, -0.1) is 0 Å². The SMILES string of the molecule is CN(C(=O)c1cccc(C#CCO)c1)C1CCC1. The van der Waals surface area contributed by atoms with Crippen LogP contribution in [0.4, 0.5) is 0 Å². The highest BCUT2D eigenvalue weighted by Gasteiger charge is 2.26. The number of carbonyl (C=O) groups excluding carboxylic acids is 1. The average molecular weight is 243 g/mol. The zero-order valence-electron chi connectivity index (χ0n) is 10.5. The Hall–Kier alpha value is -1.79. The van der Waals surface area contributed by atoms with E-state index < -0.39 is 0 Å². The molecule has 1 fully saturated rings. The van der Waals surface area contributed by atoms with Crippen molar-refractivity contribution in [2.75, 3.05) is 13.7 Å². The highest BCUT2D eigenvalue weighted by molar-refractivity contribution is 5.94. The quantitative estimate of drug-likeness (QED) is 0.802. The summed E-state index contributed by atoms with van der Waals surface area (Å²) in [7, 11) is 1.86. The topological polar surface area (TPSA) is 40.5 Å². The van der Waals surface area contributed by atoms with Gasteiger partial charge in [-0.3, -0.25) is 4.79 Å². The van der Waals surface area contributed by atoms with E-state index in [1.807, 2.05) is 30.1 Å².